The van der Waals surface area contributed by atoms with Gasteiger partial charge in [0, 0.05) is 13.0 Å². The van der Waals surface area contributed by atoms with Crippen molar-refractivity contribution in [3.8, 4) is 0 Å². The van der Waals surface area contributed by atoms with Gasteiger partial charge in [-0.15, -0.1) is 0 Å². The molecule has 1 fully saturated rings. The quantitative estimate of drug-likeness (QED) is 0.511. The third kappa shape index (κ3) is 1.86. The Bertz CT molecular complexity index is 379. The van der Waals surface area contributed by atoms with Crippen LogP contribution in [0.15, 0.2) is 6.20 Å². The van der Waals surface area contributed by atoms with Gasteiger partial charge < -0.3 is 0 Å². The van der Waals surface area contributed by atoms with Crippen molar-refractivity contribution in [2.45, 2.75) is 19.3 Å². The van der Waals surface area contributed by atoms with Gasteiger partial charge in [0.25, 0.3) is 0 Å². The number of nitrogens with zero attached hydrogens (tertiary/aromatic N) is 3. The van der Waals surface area contributed by atoms with Gasteiger partial charge in [0.2, 0.25) is 0 Å². The minimum absolute atomic E-state index is 0.0244. The van der Waals surface area contributed by atoms with E-state index in [0.717, 1.165) is 12.8 Å². The molecular weight excluding hydrogens is 182 g/mol. The first-order chi connectivity index (χ1) is 6.66. The molecular formula is C9H11N3O2. The molecule has 0 unspecified atom stereocenters. The SMILES string of the molecule is Cn1ncc(C(=O)CC(=O)C2CC2)n1. The highest BCUT2D eigenvalue weighted by Crippen LogP contribution is 2.31. The van der Waals surface area contributed by atoms with Crippen LogP contribution in [0.1, 0.15) is 29.8 Å². The predicted molar refractivity (Wildman–Crippen MR) is 47.7 cm³/mol. The summed E-state index contributed by atoms with van der Waals surface area (Å²) in [6.45, 7) is 0. The van der Waals surface area contributed by atoms with Crippen LogP contribution in [0.4, 0.5) is 0 Å². The number of aromatic nitrogens is 3. The minimum atomic E-state index is -0.227. The molecule has 74 valence electrons. The van der Waals surface area contributed by atoms with E-state index in [0.29, 0.717) is 0 Å². The summed E-state index contributed by atoms with van der Waals surface area (Å²) < 4.78 is 0. The third-order valence-corrected chi connectivity index (χ3v) is 2.25. The molecule has 1 aromatic heterocycles. The molecule has 1 aromatic rings. The zero-order chi connectivity index (χ0) is 10.1. The smallest absolute Gasteiger partial charge is 0.192 e. The number of hydrogen-bond donors (Lipinski definition) is 0. The van der Waals surface area contributed by atoms with Crippen LogP contribution in [0.5, 0.6) is 0 Å². The van der Waals surface area contributed by atoms with Crippen LogP contribution in [-0.2, 0) is 11.8 Å². The summed E-state index contributed by atoms with van der Waals surface area (Å²) in [7, 11) is 1.64. The maximum atomic E-state index is 11.5. The van der Waals surface area contributed by atoms with E-state index < -0.39 is 0 Å². The molecule has 1 heterocycles. The van der Waals surface area contributed by atoms with Gasteiger partial charge in [-0.2, -0.15) is 15.0 Å². The lowest BCUT2D eigenvalue weighted by atomic mass is 10.1. The molecule has 5 nitrogen and oxygen atoms in total. The third-order valence-electron chi connectivity index (χ3n) is 2.25. The van der Waals surface area contributed by atoms with Crippen molar-refractivity contribution in [1.82, 2.24) is 15.0 Å². The highest BCUT2D eigenvalue weighted by atomic mass is 16.1. The van der Waals surface area contributed by atoms with E-state index >= 15 is 0 Å². The van der Waals surface area contributed by atoms with E-state index in [9.17, 15) is 9.59 Å². The Balaban J connectivity index is 1.98. The first-order valence-electron chi connectivity index (χ1n) is 4.59. The van der Waals surface area contributed by atoms with Crippen LogP contribution in [0.25, 0.3) is 0 Å². The number of ketones is 2. The Morgan fingerprint density at radius 2 is 2.29 bits per heavy atom. The monoisotopic (exact) mass is 193 g/mol. The van der Waals surface area contributed by atoms with Gasteiger partial charge in [-0.25, -0.2) is 0 Å². The maximum absolute atomic E-state index is 11.5. The average Bonchev–Trinajstić information content (AvgIpc) is 2.89. The predicted octanol–water partition coefficient (Wildman–Crippen LogP) is 0.367. The largest absolute Gasteiger partial charge is 0.299 e. The van der Waals surface area contributed by atoms with Crippen molar-refractivity contribution in [2.75, 3.05) is 0 Å². The van der Waals surface area contributed by atoms with Crippen LogP contribution in [0, 0.1) is 5.92 Å². The molecule has 5 heteroatoms. The fourth-order valence-electron chi connectivity index (χ4n) is 1.27. The Morgan fingerprint density at radius 1 is 1.57 bits per heavy atom. The maximum Gasteiger partial charge on any atom is 0.192 e. The Hall–Kier alpha value is -1.52. The number of carbonyl (C=O) groups excluding carboxylic acids is 2. The normalized spacial score (nSPS) is 15.5. The van der Waals surface area contributed by atoms with E-state index in [2.05, 4.69) is 10.2 Å². The second kappa shape index (κ2) is 3.32. The minimum Gasteiger partial charge on any atom is -0.299 e. The molecule has 0 amide bonds. The van der Waals surface area contributed by atoms with Crippen molar-refractivity contribution in [2.24, 2.45) is 13.0 Å². The van der Waals surface area contributed by atoms with Crippen LogP contribution in [-0.4, -0.2) is 26.6 Å². The molecule has 0 radical (unpaired) electrons. The number of hydrogen-bond acceptors (Lipinski definition) is 4. The van der Waals surface area contributed by atoms with Gasteiger partial charge in [-0.1, -0.05) is 0 Å². The fraction of sp³-hybridized carbons (Fsp3) is 0.556. The van der Waals surface area contributed by atoms with Crippen molar-refractivity contribution in [3.05, 3.63) is 11.9 Å². The highest BCUT2D eigenvalue weighted by Gasteiger charge is 2.31. The molecule has 0 aromatic carbocycles. The zero-order valence-corrected chi connectivity index (χ0v) is 7.93. The summed E-state index contributed by atoms with van der Waals surface area (Å²) in [5.74, 6) is -0.0497. The van der Waals surface area contributed by atoms with Gasteiger partial charge in [0.15, 0.2) is 5.78 Å². The zero-order valence-electron chi connectivity index (χ0n) is 7.93. The van der Waals surface area contributed by atoms with Crippen LogP contribution < -0.4 is 0 Å². The molecule has 0 bridgehead atoms. The first-order valence-corrected chi connectivity index (χ1v) is 4.59. The molecule has 0 saturated heterocycles. The summed E-state index contributed by atoms with van der Waals surface area (Å²) in [6, 6.07) is 0. The van der Waals surface area contributed by atoms with E-state index in [-0.39, 0.29) is 29.6 Å². The second-order valence-electron chi connectivity index (χ2n) is 3.56. The van der Waals surface area contributed by atoms with Gasteiger partial charge in [-0.05, 0) is 12.8 Å². The lowest BCUT2D eigenvalue weighted by Gasteiger charge is -1.94. The number of aryl methyl sites for hydroxylation is 1. The van der Waals surface area contributed by atoms with Crippen molar-refractivity contribution >= 4 is 11.6 Å². The van der Waals surface area contributed by atoms with Crippen LogP contribution >= 0.6 is 0 Å². The summed E-state index contributed by atoms with van der Waals surface area (Å²) in [5.41, 5.74) is 0.279. The number of carbonyl (C=O) groups is 2. The van der Waals surface area contributed by atoms with Crippen molar-refractivity contribution in [1.29, 1.82) is 0 Å². The van der Waals surface area contributed by atoms with Gasteiger partial charge in [-0.3, -0.25) is 9.59 Å². The average molecular weight is 193 g/mol. The standard InChI is InChI=1S/C9H11N3O2/c1-12-10-5-7(11-12)9(14)4-8(13)6-2-3-6/h5-6H,2-4H2,1H3. The fourth-order valence-corrected chi connectivity index (χ4v) is 1.27. The molecule has 0 spiro atoms. The molecule has 0 N–H and O–H groups in total. The topological polar surface area (TPSA) is 64.8 Å². The van der Waals surface area contributed by atoms with Gasteiger partial charge >= 0.3 is 0 Å². The van der Waals surface area contributed by atoms with E-state index in [1.807, 2.05) is 0 Å². The molecule has 0 atom stereocenters. The van der Waals surface area contributed by atoms with Gasteiger partial charge in [0.1, 0.15) is 11.5 Å². The summed E-state index contributed by atoms with van der Waals surface area (Å²) >= 11 is 0. The number of Topliss-reactive ketones (excluding diaryl/α,β-unsaturated/α-hetero) is 2. The van der Waals surface area contributed by atoms with E-state index in [4.69, 9.17) is 0 Å². The molecule has 1 aliphatic rings. The Kier molecular flexibility index (Phi) is 2.15. The second-order valence-corrected chi connectivity index (χ2v) is 3.56. The van der Waals surface area contributed by atoms with Crippen molar-refractivity contribution in [3.63, 3.8) is 0 Å². The summed E-state index contributed by atoms with van der Waals surface area (Å²) in [4.78, 5) is 24.1. The first kappa shape index (κ1) is 9.05. The lowest BCUT2D eigenvalue weighted by molar-refractivity contribution is -0.119. The molecule has 2 rings (SSSR count). The molecule has 14 heavy (non-hydrogen) atoms. The summed E-state index contributed by atoms with van der Waals surface area (Å²) in [6.07, 6.45) is 3.24. The van der Waals surface area contributed by atoms with Crippen LogP contribution in [0.2, 0.25) is 0 Å². The highest BCUT2D eigenvalue weighted by molar-refractivity contribution is 6.07. The molecule has 1 aliphatic carbocycles. The Morgan fingerprint density at radius 3 is 2.79 bits per heavy atom. The van der Waals surface area contributed by atoms with Crippen LogP contribution in [0.3, 0.4) is 0 Å². The van der Waals surface area contributed by atoms with Crippen molar-refractivity contribution < 1.29 is 9.59 Å². The molecule has 1 saturated carbocycles. The Labute approximate surface area is 81.1 Å². The van der Waals surface area contributed by atoms with E-state index in [1.54, 1.807) is 7.05 Å². The van der Waals surface area contributed by atoms with E-state index in [1.165, 1.54) is 11.0 Å². The lowest BCUT2D eigenvalue weighted by Crippen LogP contribution is -2.10. The number of rotatable bonds is 4. The molecule has 0 aliphatic heterocycles. The van der Waals surface area contributed by atoms with Gasteiger partial charge in [0.05, 0.1) is 12.6 Å². The summed E-state index contributed by atoms with van der Waals surface area (Å²) in [5, 5.41) is 7.63.